The SMILES string of the molecule is NCC1CCN(C(=O)Cc2cnn(-c3ccccc3)c2)CC1. The summed E-state index contributed by atoms with van der Waals surface area (Å²) in [5.41, 5.74) is 7.65. The monoisotopic (exact) mass is 298 g/mol. The summed E-state index contributed by atoms with van der Waals surface area (Å²) in [7, 11) is 0. The lowest BCUT2D eigenvalue weighted by Crippen LogP contribution is -2.40. The Bertz CT molecular complexity index is 615. The average molecular weight is 298 g/mol. The Hall–Kier alpha value is -2.14. The number of nitrogens with two attached hydrogens (primary N) is 1. The molecule has 0 radical (unpaired) electrons. The smallest absolute Gasteiger partial charge is 0.227 e. The molecule has 116 valence electrons. The third-order valence-electron chi connectivity index (χ3n) is 4.31. The molecule has 0 spiro atoms. The van der Waals surface area contributed by atoms with Gasteiger partial charge in [0.25, 0.3) is 0 Å². The molecule has 2 N–H and O–H groups in total. The highest BCUT2D eigenvalue weighted by atomic mass is 16.2. The molecule has 0 bridgehead atoms. The Labute approximate surface area is 130 Å². The van der Waals surface area contributed by atoms with E-state index in [9.17, 15) is 4.79 Å². The first-order chi connectivity index (χ1) is 10.8. The maximum atomic E-state index is 12.4. The molecular formula is C17H22N4O. The molecule has 1 aromatic carbocycles. The lowest BCUT2D eigenvalue weighted by molar-refractivity contribution is -0.131. The lowest BCUT2D eigenvalue weighted by atomic mass is 9.97. The minimum Gasteiger partial charge on any atom is -0.342 e. The van der Waals surface area contributed by atoms with E-state index < -0.39 is 0 Å². The number of hydrogen-bond donors (Lipinski definition) is 1. The largest absolute Gasteiger partial charge is 0.342 e. The van der Waals surface area contributed by atoms with Crippen LogP contribution in [0.2, 0.25) is 0 Å². The summed E-state index contributed by atoms with van der Waals surface area (Å²) in [6, 6.07) is 9.92. The van der Waals surface area contributed by atoms with Crippen molar-refractivity contribution in [1.29, 1.82) is 0 Å². The second-order valence-corrected chi connectivity index (χ2v) is 5.87. The normalized spacial score (nSPS) is 16.0. The van der Waals surface area contributed by atoms with Gasteiger partial charge in [-0.05, 0) is 43.0 Å². The summed E-state index contributed by atoms with van der Waals surface area (Å²) in [5.74, 6) is 0.757. The molecule has 0 aliphatic carbocycles. The summed E-state index contributed by atoms with van der Waals surface area (Å²) < 4.78 is 1.81. The van der Waals surface area contributed by atoms with Gasteiger partial charge in [0.1, 0.15) is 0 Å². The summed E-state index contributed by atoms with van der Waals surface area (Å²) in [4.78, 5) is 14.3. The molecule has 1 aromatic heterocycles. The molecule has 1 amide bonds. The highest BCUT2D eigenvalue weighted by molar-refractivity contribution is 5.78. The van der Waals surface area contributed by atoms with Gasteiger partial charge in [-0.15, -0.1) is 0 Å². The number of rotatable bonds is 4. The maximum absolute atomic E-state index is 12.4. The van der Waals surface area contributed by atoms with Crippen LogP contribution in [0.5, 0.6) is 0 Å². The molecule has 1 aliphatic rings. The number of aromatic nitrogens is 2. The molecule has 2 heterocycles. The topological polar surface area (TPSA) is 64.2 Å². The number of piperidine rings is 1. The zero-order valence-electron chi connectivity index (χ0n) is 12.7. The van der Waals surface area contributed by atoms with Gasteiger partial charge >= 0.3 is 0 Å². The molecule has 5 heteroatoms. The summed E-state index contributed by atoms with van der Waals surface area (Å²) >= 11 is 0. The molecular weight excluding hydrogens is 276 g/mol. The van der Waals surface area contributed by atoms with Crippen LogP contribution in [0, 0.1) is 5.92 Å². The first kappa shape index (κ1) is 14.8. The van der Waals surface area contributed by atoms with E-state index in [-0.39, 0.29) is 5.91 Å². The number of amides is 1. The van der Waals surface area contributed by atoms with Gasteiger partial charge in [0, 0.05) is 19.3 Å². The van der Waals surface area contributed by atoms with Gasteiger partial charge in [0.2, 0.25) is 5.91 Å². The molecule has 2 aromatic rings. The van der Waals surface area contributed by atoms with E-state index in [0.29, 0.717) is 12.3 Å². The standard InChI is InChI=1S/C17H22N4O/c18-11-14-6-8-20(9-7-14)17(22)10-15-12-19-21(13-15)16-4-2-1-3-5-16/h1-5,12-14H,6-11,18H2. The number of carbonyl (C=O) groups is 1. The number of para-hydroxylation sites is 1. The van der Waals surface area contributed by atoms with Gasteiger partial charge in [-0.2, -0.15) is 5.10 Å². The lowest BCUT2D eigenvalue weighted by Gasteiger charge is -2.31. The second kappa shape index (κ2) is 6.75. The summed E-state index contributed by atoms with van der Waals surface area (Å²) in [6.45, 7) is 2.38. The van der Waals surface area contributed by atoms with Crippen molar-refractivity contribution in [2.75, 3.05) is 19.6 Å². The van der Waals surface area contributed by atoms with Crippen LogP contribution in [-0.2, 0) is 11.2 Å². The minimum absolute atomic E-state index is 0.183. The zero-order valence-corrected chi connectivity index (χ0v) is 12.7. The van der Waals surface area contributed by atoms with Crippen molar-refractivity contribution < 1.29 is 4.79 Å². The van der Waals surface area contributed by atoms with Crippen LogP contribution in [0.3, 0.4) is 0 Å². The van der Waals surface area contributed by atoms with Gasteiger partial charge in [-0.25, -0.2) is 4.68 Å². The fraction of sp³-hybridized carbons (Fsp3) is 0.412. The fourth-order valence-electron chi connectivity index (χ4n) is 2.88. The third kappa shape index (κ3) is 3.36. The Morgan fingerprint density at radius 3 is 2.64 bits per heavy atom. The van der Waals surface area contributed by atoms with Gasteiger partial charge in [0.15, 0.2) is 0 Å². The number of carbonyl (C=O) groups excluding carboxylic acids is 1. The Morgan fingerprint density at radius 2 is 1.95 bits per heavy atom. The van der Waals surface area contributed by atoms with Gasteiger partial charge in [0.05, 0.1) is 18.3 Å². The van der Waals surface area contributed by atoms with E-state index >= 15 is 0 Å². The molecule has 1 fully saturated rings. The van der Waals surface area contributed by atoms with Crippen molar-refractivity contribution in [2.24, 2.45) is 11.7 Å². The molecule has 1 saturated heterocycles. The molecule has 5 nitrogen and oxygen atoms in total. The summed E-state index contributed by atoms with van der Waals surface area (Å²) in [5, 5.41) is 4.34. The Morgan fingerprint density at radius 1 is 1.23 bits per heavy atom. The first-order valence-corrected chi connectivity index (χ1v) is 7.83. The van der Waals surface area contributed by atoms with E-state index in [0.717, 1.165) is 43.7 Å². The fourth-order valence-corrected chi connectivity index (χ4v) is 2.88. The van der Waals surface area contributed by atoms with E-state index in [1.165, 1.54) is 0 Å². The number of benzene rings is 1. The predicted molar refractivity (Wildman–Crippen MR) is 85.6 cm³/mol. The molecule has 1 aliphatic heterocycles. The van der Waals surface area contributed by atoms with E-state index in [2.05, 4.69) is 5.10 Å². The van der Waals surface area contributed by atoms with Crippen molar-refractivity contribution >= 4 is 5.91 Å². The molecule has 0 saturated carbocycles. The van der Waals surface area contributed by atoms with E-state index in [1.807, 2.05) is 46.1 Å². The van der Waals surface area contributed by atoms with Crippen LogP contribution < -0.4 is 5.73 Å². The van der Waals surface area contributed by atoms with Crippen molar-refractivity contribution in [1.82, 2.24) is 14.7 Å². The van der Waals surface area contributed by atoms with Crippen molar-refractivity contribution in [3.8, 4) is 5.69 Å². The van der Waals surface area contributed by atoms with Crippen LogP contribution in [0.25, 0.3) is 5.69 Å². The van der Waals surface area contributed by atoms with E-state index in [1.54, 1.807) is 6.20 Å². The van der Waals surface area contributed by atoms with Crippen molar-refractivity contribution in [3.63, 3.8) is 0 Å². The van der Waals surface area contributed by atoms with Crippen LogP contribution >= 0.6 is 0 Å². The highest BCUT2D eigenvalue weighted by Gasteiger charge is 2.22. The van der Waals surface area contributed by atoms with E-state index in [4.69, 9.17) is 5.73 Å². The molecule has 3 rings (SSSR count). The Balaban J connectivity index is 1.60. The maximum Gasteiger partial charge on any atom is 0.227 e. The van der Waals surface area contributed by atoms with Crippen LogP contribution in [0.4, 0.5) is 0 Å². The van der Waals surface area contributed by atoms with Crippen LogP contribution in [0.15, 0.2) is 42.7 Å². The predicted octanol–water partition coefficient (Wildman–Crippen LogP) is 1.61. The van der Waals surface area contributed by atoms with Crippen LogP contribution in [0.1, 0.15) is 18.4 Å². The summed E-state index contributed by atoms with van der Waals surface area (Å²) in [6.07, 6.45) is 6.16. The molecule has 22 heavy (non-hydrogen) atoms. The molecule has 0 atom stereocenters. The minimum atomic E-state index is 0.183. The first-order valence-electron chi connectivity index (χ1n) is 7.83. The van der Waals surface area contributed by atoms with Gasteiger partial charge < -0.3 is 10.6 Å². The molecule has 0 unspecified atom stereocenters. The van der Waals surface area contributed by atoms with Crippen LogP contribution in [-0.4, -0.2) is 40.2 Å². The van der Waals surface area contributed by atoms with Gasteiger partial charge in [-0.3, -0.25) is 4.79 Å². The van der Waals surface area contributed by atoms with Crippen molar-refractivity contribution in [3.05, 3.63) is 48.3 Å². The average Bonchev–Trinajstić information content (AvgIpc) is 3.04. The zero-order chi connectivity index (χ0) is 15.4. The highest BCUT2D eigenvalue weighted by Crippen LogP contribution is 2.17. The third-order valence-corrected chi connectivity index (χ3v) is 4.31. The number of hydrogen-bond acceptors (Lipinski definition) is 3. The Kier molecular flexibility index (Phi) is 4.53. The number of nitrogens with zero attached hydrogens (tertiary/aromatic N) is 3. The number of likely N-dealkylation sites (tertiary alicyclic amines) is 1. The van der Waals surface area contributed by atoms with Crippen molar-refractivity contribution in [2.45, 2.75) is 19.3 Å². The van der Waals surface area contributed by atoms with Gasteiger partial charge in [-0.1, -0.05) is 18.2 Å². The quantitative estimate of drug-likeness (QED) is 0.932. The second-order valence-electron chi connectivity index (χ2n) is 5.87.